The van der Waals surface area contributed by atoms with Gasteiger partial charge >= 0.3 is 6.18 Å². The topological polar surface area (TPSA) is 29.5 Å². The van der Waals surface area contributed by atoms with Gasteiger partial charge in [-0.25, -0.2) is 0 Å². The largest absolute Gasteiger partial charge is 0.416 e. The molecule has 3 rings (SSSR count). The van der Waals surface area contributed by atoms with E-state index in [-0.39, 0.29) is 11.6 Å². The zero-order valence-corrected chi connectivity index (χ0v) is 13.9. The van der Waals surface area contributed by atoms with Crippen molar-refractivity contribution >= 4 is 11.6 Å². The molecule has 1 aliphatic rings. The van der Waals surface area contributed by atoms with Crippen molar-refractivity contribution in [3.8, 4) is 0 Å². The Morgan fingerprint density at radius 1 is 1.12 bits per heavy atom. The van der Waals surface area contributed by atoms with Gasteiger partial charge in [-0.2, -0.15) is 13.2 Å². The summed E-state index contributed by atoms with van der Waals surface area (Å²) in [5.74, 6) is -0.326. The van der Waals surface area contributed by atoms with Crippen molar-refractivity contribution in [2.75, 3.05) is 4.90 Å². The highest BCUT2D eigenvalue weighted by Crippen LogP contribution is 2.39. The Hall–Kier alpha value is -2.34. The second-order valence-corrected chi connectivity index (χ2v) is 6.06. The van der Waals surface area contributed by atoms with E-state index in [1.54, 1.807) is 0 Å². The first kappa shape index (κ1) is 17.5. The van der Waals surface area contributed by atoms with Crippen LogP contribution in [0.25, 0.3) is 0 Å². The van der Waals surface area contributed by atoms with Crippen LogP contribution in [-0.2, 0) is 15.7 Å². The Kier molecular flexibility index (Phi) is 4.56. The van der Waals surface area contributed by atoms with Crippen molar-refractivity contribution in [3.05, 3.63) is 65.2 Å². The summed E-state index contributed by atoms with van der Waals surface area (Å²) < 4.78 is 45.0. The van der Waals surface area contributed by atoms with E-state index in [0.29, 0.717) is 6.42 Å². The lowest BCUT2D eigenvalue weighted by Gasteiger charge is -2.24. The highest BCUT2D eigenvalue weighted by molar-refractivity contribution is 5.98. The molecular weight excluding hydrogens is 331 g/mol. The molecule has 132 valence electrons. The molecule has 1 aliphatic heterocycles. The summed E-state index contributed by atoms with van der Waals surface area (Å²) in [6.07, 6.45) is -5.42. The van der Waals surface area contributed by atoms with Gasteiger partial charge in [0, 0.05) is 11.3 Å². The second kappa shape index (κ2) is 6.52. The van der Waals surface area contributed by atoms with Crippen LogP contribution in [0.15, 0.2) is 48.5 Å². The van der Waals surface area contributed by atoms with Crippen molar-refractivity contribution in [2.24, 2.45) is 0 Å². The minimum atomic E-state index is -4.47. The fourth-order valence-corrected chi connectivity index (χ4v) is 2.96. The van der Waals surface area contributed by atoms with Gasteiger partial charge in [-0.1, -0.05) is 42.8 Å². The Balaban J connectivity index is 2.06. The minimum Gasteiger partial charge on any atom is -0.341 e. The van der Waals surface area contributed by atoms with Crippen LogP contribution in [0.4, 0.5) is 18.9 Å². The van der Waals surface area contributed by atoms with Gasteiger partial charge in [0.25, 0.3) is 5.91 Å². The number of halogens is 3. The van der Waals surface area contributed by atoms with Gasteiger partial charge in [0.15, 0.2) is 6.23 Å². The fraction of sp³-hybridized carbons (Fsp3) is 0.316. The maximum absolute atomic E-state index is 13.0. The van der Waals surface area contributed by atoms with Gasteiger partial charge < -0.3 is 4.74 Å². The first-order chi connectivity index (χ1) is 11.8. The van der Waals surface area contributed by atoms with Gasteiger partial charge in [0.2, 0.25) is 0 Å². The Labute approximate surface area is 144 Å². The molecular formula is C19H18F3NO2. The number of alkyl halides is 3. The van der Waals surface area contributed by atoms with E-state index < -0.39 is 24.1 Å². The number of carbonyl (C=O) groups is 1. The molecule has 0 N–H and O–H groups in total. The molecule has 0 aliphatic carbocycles. The lowest BCUT2D eigenvalue weighted by molar-refractivity contribution is -0.137. The van der Waals surface area contributed by atoms with Crippen LogP contribution < -0.4 is 4.90 Å². The van der Waals surface area contributed by atoms with E-state index in [1.165, 1.54) is 17.0 Å². The Morgan fingerprint density at radius 2 is 1.84 bits per heavy atom. The lowest BCUT2D eigenvalue weighted by atomic mass is 10.1. The Bertz CT molecular complexity index is 788. The van der Waals surface area contributed by atoms with E-state index in [9.17, 15) is 18.0 Å². The fourth-order valence-electron chi connectivity index (χ4n) is 2.96. The van der Waals surface area contributed by atoms with Crippen molar-refractivity contribution in [1.82, 2.24) is 0 Å². The highest BCUT2D eigenvalue weighted by atomic mass is 19.4. The van der Waals surface area contributed by atoms with Crippen LogP contribution in [-0.4, -0.2) is 12.0 Å². The number of rotatable bonds is 3. The van der Waals surface area contributed by atoms with Crippen molar-refractivity contribution < 1.29 is 22.7 Å². The molecule has 2 atom stereocenters. The van der Waals surface area contributed by atoms with Crippen LogP contribution in [0.5, 0.6) is 0 Å². The number of aryl methyl sites for hydroxylation is 1. The second-order valence-electron chi connectivity index (χ2n) is 6.06. The van der Waals surface area contributed by atoms with Gasteiger partial charge in [-0.15, -0.1) is 0 Å². The number of anilines is 1. The van der Waals surface area contributed by atoms with Crippen molar-refractivity contribution in [2.45, 2.75) is 38.8 Å². The molecule has 1 amide bonds. The zero-order valence-electron chi connectivity index (χ0n) is 13.9. The van der Waals surface area contributed by atoms with Gasteiger partial charge in [-0.3, -0.25) is 9.69 Å². The SMILES string of the molecule is CCC1OC(c2cccc(C)c2)N(c2cccc(C(F)(F)F)c2)C1=O. The van der Waals surface area contributed by atoms with E-state index in [2.05, 4.69) is 0 Å². The molecule has 0 saturated carbocycles. The molecule has 0 aromatic heterocycles. The standard InChI is InChI=1S/C19H18F3NO2/c1-3-16-17(24)23(15-9-5-8-14(11-15)19(20,21)22)18(25-16)13-7-4-6-12(2)10-13/h4-11,16,18H,3H2,1-2H3. The average Bonchev–Trinajstić information content (AvgIpc) is 2.91. The molecule has 6 heteroatoms. The maximum atomic E-state index is 13.0. The number of hydrogen-bond acceptors (Lipinski definition) is 2. The van der Waals surface area contributed by atoms with Crippen LogP contribution in [0.3, 0.4) is 0 Å². The van der Waals surface area contributed by atoms with Crippen molar-refractivity contribution in [1.29, 1.82) is 0 Å². The van der Waals surface area contributed by atoms with Crippen LogP contribution in [0.1, 0.15) is 36.3 Å². The van der Waals surface area contributed by atoms with Crippen LogP contribution >= 0.6 is 0 Å². The normalized spacial score (nSPS) is 21.0. The number of benzene rings is 2. The summed E-state index contributed by atoms with van der Waals surface area (Å²) in [6.45, 7) is 3.72. The van der Waals surface area contributed by atoms with E-state index >= 15 is 0 Å². The zero-order chi connectivity index (χ0) is 18.2. The molecule has 1 fully saturated rings. The average molecular weight is 349 g/mol. The molecule has 25 heavy (non-hydrogen) atoms. The van der Waals surface area contributed by atoms with E-state index in [0.717, 1.165) is 23.3 Å². The minimum absolute atomic E-state index is 0.183. The third kappa shape index (κ3) is 3.39. The molecule has 3 nitrogen and oxygen atoms in total. The molecule has 2 aromatic carbocycles. The molecule has 1 heterocycles. The van der Waals surface area contributed by atoms with E-state index in [4.69, 9.17) is 4.74 Å². The first-order valence-electron chi connectivity index (χ1n) is 8.03. The summed E-state index contributed by atoms with van der Waals surface area (Å²) in [5, 5.41) is 0. The quantitative estimate of drug-likeness (QED) is 0.792. The van der Waals surface area contributed by atoms with Gasteiger partial charge in [-0.05, 0) is 31.5 Å². The third-order valence-corrected chi connectivity index (χ3v) is 4.19. The summed E-state index contributed by atoms with van der Waals surface area (Å²) >= 11 is 0. The summed E-state index contributed by atoms with van der Waals surface area (Å²) in [5.41, 5.74) is 1.11. The van der Waals surface area contributed by atoms with Crippen LogP contribution in [0.2, 0.25) is 0 Å². The van der Waals surface area contributed by atoms with E-state index in [1.807, 2.05) is 38.1 Å². The van der Waals surface area contributed by atoms with Gasteiger partial charge in [0.05, 0.1) is 5.56 Å². The van der Waals surface area contributed by atoms with Gasteiger partial charge in [0.1, 0.15) is 6.10 Å². The molecule has 1 saturated heterocycles. The lowest BCUT2D eigenvalue weighted by Crippen LogP contribution is -2.31. The molecule has 0 spiro atoms. The summed E-state index contributed by atoms with van der Waals surface area (Å²) in [4.78, 5) is 14.0. The molecule has 0 radical (unpaired) electrons. The Morgan fingerprint density at radius 3 is 2.48 bits per heavy atom. The molecule has 2 aromatic rings. The maximum Gasteiger partial charge on any atom is 0.416 e. The number of ether oxygens (including phenoxy) is 1. The third-order valence-electron chi connectivity index (χ3n) is 4.19. The van der Waals surface area contributed by atoms with Crippen LogP contribution in [0, 0.1) is 6.92 Å². The number of nitrogens with zero attached hydrogens (tertiary/aromatic N) is 1. The highest BCUT2D eigenvalue weighted by Gasteiger charge is 2.42. The number of hydrogen-bond donors (Lipinski definition) is 0. The predicted octanol–water partition coefficient (Wildman–Crippen LogP) is 4.85. The molecule has 0 bridgehead atoms. The summed E-state index contributed by atoms with van der Waals surface area (Å²) in [7, 11) is 0. The predicted molar refractivity (Wildman–Crippen MR) is 88.0 cm³/mol. The molecule has 2 unspecified atom stereocenters. The number of carbonyl (C=O) groups excluding carboxylic acids is 1. The smallest absolute Gasteiger partial charge is 0.341 e. The van der Waals surface area contributed by atoms with Crippen molar-refractivity contribution in [3.63, 3.8) is 0 Å². The first-order valence-corrected chi connectivity index (χ1v) is 8.03. The summed E-state index contributed by atoms with van der Waals surface area (Å²) in [6, 6.07) is 12.2. The monoisotopic (exact) mass is 349 g/mol. The number of amides is 1.